The first-order chi connectivity index (χ1) is 11.2. The highest BCUT2D eigenvalue weighted by Gasteiger charge is 2.24. The van der Waals surface area contributed by atoms with E-state index in [1.165, 1.54) is 0 Å². The van der Waals surface area contributed by atoms with Crippen LogP contribution in [0.3, 0.4) is 0 Å². The number of rotatable bonds is 4. The molecule has 0 saturated carbocycles. The van der Waals surface area contributed by atoms with Crippen LogP contribution in [0.1, 0.15) is 23.7 Å². The Kier molecular flexibility index (Phi) is 4.47. The van der Waals surface area contributed by atoms with E-state index in [4.69, 9.17) is 0 Å². The van der Waals surface area contributed by atoms with Crippen molar-refractivity contribution in [1.29, 1.82) is 0 Å². The van der Waals surface area contributed by atoms with E-state index in [2.05, 4.69) is 36.5 Å². The molecule has 3 nitrogen and oxygen atoms in total. The Morgan fingerprint density at radius 1 is 1.17 bits per heavy atom. The third kappa shape index (κ3) is 3.14. The number of amides is 1. The second-order valence-electron chi connectivity index (χ2n) is 5.77. The molecule has 0 fully saturated rings. The molecule has 0 aliphatic carbocycles. The van der Waals surface area contributed by atoms with Crippen molar-refractivity contribution < 1.29 is 4.79 Å². The van der Waals surface area contributed by atoms with Crippen LogP contribution in [0.5, 0.6) is 0 Å². The van der Waals surface area contributed by atoms with Crippen LogP contribution in [-0.4, -0.2) is 30.4 Å². The first kappa shape index (κ1) is 15.3. The van der Waals surface area contributed by atoms with Gasteiger partial charge in [-0.15, -0.1) is 0 Å². The molecule has 0 saturated heterocycles. The van der Waals surface area contributed by atoms with Gasteiger partial charge in [0, 0.05) is 24.8 Å². The van der Waals surface area contributed by atoms with Gasteiger partial charge in [-0.05, 0) is 41.8 Å². The van der Waals surface area contributed by atoms with Crippen molar-refractivity contribution in [3.8, 4) is 11.1 Å². The third-order valence-corrected chi connectivity index (χ3v) is 4.36. The second-order valence-corrected chi connectivity index (χ2v) is 5.77. The molecular weight excluding hydrogens is 284 g/mol. The predicted molar refractivity (Wildman–Crippen MR) is 95.7 cm³/mol. The average Bonchev–Trinajstić information content (AvgIpc) is 3.10. The molecule has 0 radical (unpaired) electrons. The van der Waals surface area contributed by atoms with Gasteiger partial charge in [0.2, 0.25) is 0 Å². The molecule has 1 heterocycles. The van der Waals surface area contributed by atoms with Crippen LogP contribution in [0.25, 0.3) is 11.1 Å². The van der Waals surface area contributed by atoms with Crippen molar-refractivity contribution in [1.82, 2.24) is 4.90 Å². The zero-order valence-corrected chi connectivity index (χ0v) is 13.6. The van der Waals surface area contributed by atoms with Crippen LogP contribution in [0.2, 0.25) is 0 Å². The average molecular weight is 306 g/mol. The van der Waals surface area contributed by atoms with Gasteiger partial charge in [-0.3, -0.25) is 4.79 Å². The van der Waals surface area contributed by atoms with E-state index in [0.717, 1.165) is 28.8 Å². The van der Waals surface area contributed by atoms with Gasteiger partial charge in [0.25, 0.3) is 5.91 Å². The topological polar surface area (TPSA) is 32.3 Å². The molecule has 1 aliphatic rings. The van der Waals surface area contributed by atoms with Crippen molar-refractivity contribution in [2.75, 3.05) is 18.9 Å². The van der Waals surface area contributed by atoms with E-state index in [1.807, 2.05) is 48.3 Å². The molecule has 1 atom stereocenters. The third-order valence-electron chi connectivity index (χ3n) is 4.36. The van der Waals surface area contributed by atoms with Crippen LogP contribution in [0, 0.1) is 0 Å². The van der Waals surface area contributed by atoms with Gasteiger partial charge in [0.1, 0.15) is 0 Å². The Labute approximate surface area is 137 Å². The minimum absolute atomic E-state index is 0.107. The van der Waals surface area contributed by atoms with Crippen LogP contribution in [-0.2, 0) is 0 Å². The van der Waals surface area contributed by atoms with Crippen molar-refractivity contribution >= 4 is 11.6 Å². The van der Waals surface area contributed by atoms with Crippen molar-refractivity contribution in [2.45, 2.75) is 19.4 Å². The molecule has 0 unspecified atom stereocenters. The number of hydrogen-bond donors (Lipinski definition) is 1. The number of carbonyl (C=O) groups is 1. The zero-order chi connectivity index (χ0) is 16.2. The molecule has 0 spiro atoms. The lowest BCUT2D eigenvalue weighted by atomic mass is 10.0. The summed E-state index contributed by atoms with van der Waals surface area (Å²) in [7, 11) is 1.91. The zero-order valence-electron chi connectivity index (χ0n) is 13.6. The number of carbonyl (C=O) groups excluding carboxylic acids is 1. The fourth-order valence-corrected chi connectivity index (χ4v) is 2.99. The van der Waals surface area contributed by atoms with Crippen LogP contribution in [0.4, 0.5) is 5.69 Å². The predicted octanol–water partition coefficient (Wildman–Crippen LogP) is 4.19. The summed E-state index contributed by atoms with van der Waals surface area (Å²) in [5.41, 5.74) is 4.01. The molecule has 0 bridgehead atoms. The minimum atomic E-state index is 0.107. The smallest absolute Gasteiger partial charge is 0.254 e. The Bertz CT molecular complexity index is 719. The SMILES string of the molecule is CC[C@H]1C=CCN1C(=O)c1cccc(-c2ccc(NC)cc2)c1. The minimum Gasteiger partial charge on any atom is -0.388 e. The lowest BCUT2D eigenvalue weighted by molar-refractivity contribution is 0.0747. The van der Waals surface area contributed by atoms with Gasteiger partial charge < -0.3 is 10.2 Å². The Balaban J connectivity index is 1.86. The van der Waals surface area contributed by atoms with E-state index >= 15 is 0 Å². The van der Waals surface area contributed by atoms with E-state index in [1.54, 1.807) is 0 Å². The van der Waals surface area contributed by atoms with Gasteiger partial charge in [-0.25, -0.2) is 0 Å². The lowest BCUT2D eigenvalue weighted by Gasteiger charge is -2.23. The lowest BCUT2D eigenvalue weighted by Crippen LogP contribution is -2.35. The molecule has 3 heteroatoms. The van der Waals surface area contributed by atoms with Crippen LogP contribution in [0.15, 0.2) is 60.7 Å². The summed E-state index contributed by atoms with van der Waals surface area (Å²) in [6, 6.07) is 16.3. The van der Waals surface area contributed by atoms with E-state index in [0.29, 0.717) is 6.54 Å². The summed E-state index contributed by atoms with van der Waals surface area (Å²) in [6.07, 6.45) is 5.15. The monoisotopic (exact) mass is 306 g/mol. The highest BCUT2D eigenvalue weighted by molar-refractivity contribution is 5.96. The maximum atomic E-state index is 12.8. The molecule has 2 aromatic rings. The molecule has 118 valence electrons. The first-order valence-electron chi connectivity index (χ1n) is 8.09. The van der Waals surface area contributed by atoms with E-state index < -0.39 is 0 Å². The number of anilines is 1. The van der Waals surface area contributed by atoms with Crippen molar-refractivity contribution in [2.24, 2.45) is 0 Å². The molecule has 3 rings (SSSR count). The summed E-state index contributed by atoms with van der Waals surface area (Å²) in [5.74, 6) is 0.107. The van der Waals surface area contributed by atoms with Gasteiger partial charge >= 0.3 is 0 Å². The van der Waals surface area contributed by atoms with Gasteiger partial charge in [-0.2, -0.15) is 0 Å². The molecule has 1 amide bonds. The summed E-state index contributed by atoms with van der Waals surface area (Å²) >= 11 is 0. The molecule has 1 N–H and O–H groups in total. The highest BCUT2D eigenvalue weighted by Crippen LogP contribution is 2.24. The van der Waals surface area contributed by atoms with Crippen molar-refractivity contribution in [3.05, 3.63) is 66.2 Å². The normalized spacial score (nSPS) is 16.6. The van der Waals surface area contributed by atoms with Gasteiger partial charge in [-0.1, -0.05) is 43.3 Å². The quantitative estimate of drug-likeness (QED) is 0.859. The summed E-state index contributed by atoms with van der Waals surface area (Å²) < 4.78 is 0. The van der Waals surface area contributed by atoms with Gasteiger partial charge in [0.05, 0.1) is 6.04 Å². The largest absolute Gasteiger partial charge is 0.388 e. The van der Waals surface area contributed by atoms with Gasteiger partial charge in [0.15, 0.2) is 0 Å². The van der Waals surface area contributed by atoms with Crippen LogP contribution >= 0.6 is 0 Å². The Morgan fingerprint density at radius 2 is 1.96 bits per heavy atom. The van der Waals surface area contributed by atoms with Crippen LogP contribution < -0.4 is 5.32 Å². The maximum absolute atomic E-state index is 12.8. The molecule has 2 aromatic carbocycles. The summed E-state index contributed by atoms with van der Waals surface area (Å²) in [6.45, 7) is 2.82. The second kappa shape index (κ2) is 6.69. The maximum Gasteiger partial charge on any atom is 0.254 e. The molecule has 23 heavy (non-hydrogen) atoms. The fraction of sp³-hybridized carbons (Fsp3) is 0.250. The molecule has 1 aliphatic heterocycles. The Morgan fingerprint density at radius 3 is 2.65 bits per heavy atom. The first-order valence-corrected chi connectivity index (χ1v) is 8.09. The fourth-order valence-electron chi connectivity index (χ4n) is 2.99. The Hall–Kier alpha value is -2.55. The number of hydrogen-bond acceptors (Lipinski definition) is 2. The summed E-state index contributed by atoms with van der Waals surface area (Å²) in [4.78, 5) is 14.7. The van der Waals surface area contributed by atoms with E-state index in [9.17, 15) is 4.79 Å². The standard InChI is InChI=1S/C20H22N2O/c1-3-19-8-5-13-22(19)20(23)17-7-4-6-16(14-17)15-9-11-18(21-2)12-10-15/h4-12,14,19,21H,3,13H2,1-2H3/t19-/m0/s1. The van der Waals surface area contributed by atoms with Crippen molar-refractivity contribution in [3.63, 3.8) is 0 Å². The molecular formula is C20H22N2O. The van der Waals surface area contributed by atoms with E-state index in [-0.39, 0.29) is 11.9 Å². The molecule has 0 aromatic heterocycles. The summed E-state index contributed by atoms with van der Waals surface area (Å²) in [5, 5.41) is 3.12. The number of benzene rings is 2. The highest BCUT2D eigenvalue weighted by atomic mass is 16.2. The number of nitrogens with zero attached hydrogens (tertiary/aromatic N) is 1. The number of nitrogens with one attached hydrogen (secondary N) is 1.